The molecule has 1 aliphatic heterocycles. The normalized spacial score (nSPS) is 17.1. The minimum Gasteiger partial charge on any atom is -0.497 e. The summed E-state index contributed by atoms with van der Waals surface area (Å²) in [5.74, 6) is 0.673. The Morgan fingerprint density at radius 1 is 1.04 bits per heavy atom. The van der Waals surface area contributed by atoms with E-state index in [1.807, 2.05) is 18.2 Å². The second-order valence-corrected chi connectivity index (χ2v) is 5.37. The molecule has 124 valence electrons. The number of carbonyl (C=O) groups excluding carboxylic acids is 2. The Bertz CT molecular complexity index is 775. The summed E-state index contributed by atoms with van der Waals surface area (Å²) in [5.41, 5.74) is 1.19. The molecule has 0 spiro atoms. The number of nitrogens with one attached hydrogen (secondary N) is 1. The lowest BCUT2D eigenvalue weighted by Crippen LogP contribution is -2.34. The SMILES string of the molecule is COc1cccc(N2C(=O)C[C@H](Nc3ccccc3OC)C2=O)c1. The number of anilines is 2. The lowest BCUT2D eigenvalue weighted by molar-refractivity contribution is -0.121. The number of ether oxygens (including phenoxy) is 2. The van der Waals surface area contributed by atoms with E-state index in [0.717, 1.165) is 0 Å². The summed E-state index contributed by atoms with van der Waals surface area (Å²) < 4.78 is 10.4. The van der Waals surface area contributed by atoms with Gasteiger partial charge in [-0.25, -0.2) is 4.90 Å². The number of carbonyl (C=O) groups is 2. The van der Waals surface area contributed by atoms with Crippen LogP contribution in [0.2, 0.25) is 0 Å². The van der Waals surface area contributed by atoms with Gasteiger partial charge in [-0.05, 0) is 24.3 Å². The van der Waals surface area contributed by atoms with Gasteiger partial charge in [0.05, 0.1) is 32.0 Å². The van der Waals surface area contributed by atoms with Gasteiger partial charge in [-0.3, -0.25) is 9.59 Å². The van der Waals surface area contributed by atoms with Gasteiger partial charge in [-0.1, -0.05) is 18.2 Å². The maximum Gasteiger partial charge on any atom is 0.256 e. The van der Waals surface area contributed by atoms with Gasteiger partial charge in [0.1, 0.15) is 17.5 Å². The Kier molecular flexibility index (Phi) is 4.37. The summed E-state index contributed by atoms with van der Waals surface area (Å²) in [5, 5.41) is 3.10. The van der Waals surface area contributed by atoms with Crippen LogP contribution in [-0.2, 0) is 9.59 Å². The highest BCUT2D eigenvalue weighted by Crippen LogP contribution is 2.30. The molecule has 1 heterocycles. The van der Waals surface area contributed by atoms with Crippen LogP contribution < -0.4 is 19.7 Å². The third-order valence-electron chi connectivity index (χ3n) is 3.89. The molecule has 1 N–H and O–H groups in total. The number of methoxy groups -OCH3 is 2. The molecule has 6 heteroatoms. The first kappa shape index (κ1) is 15.9. The molecule has 0 bridgehead atoms. The van der Waals surface area contributed by atoms with Crippen LogP contribution in [0.15, 0.2) is 48.5 Å². The summed E-state index contributed by atoms with van der Waals surface area (Å²) in [6.45, 7) is 0. The molecule has 2 aromatic carbocycles. The van der Waals surface area contributed by atoms with Crippen molar-refractivity contribution in [1.82, 2.24) is 0 Å². The Balaban J connectivity index is 1.83. The van der Waals surface area contributed by atoms with Crippen molar-refractivity contribution in [2.24, 2.45) is 0 Å². The van der Waals surface area contributed by atoms with Crippen molar-refractivity contribution < 1.29 is 19.1 Å². The molecule has 0 aliphatic carbocycles. The summed E-state index contributed by atoms with van der Waals surface area (Å²) >= 11 is 0. The number of benzene rings is 2. The van der Waals surface area contributed by atoms with E-state index in [1.165, 1.54) is 4.90 Å². The molecular formula is C18H18N2O4. The minimum atomic E-state index is -0.625. The van der Waals surface area contributed by atoms with E-state index in [9.17, 15) is 9.59 Å². The van der Waals surface area contributed by atoms with Gasteiger partial charge in [0, 0.05) is 6.07 Å². The monoisotopic (exact) mass is 326 g/mol. The van der Waals surface area contributed by atoms with Crippen molar-refractivity contribution in [3.63, 3.8) is 0 Å². The molecule has 24 heavy (non-hydrogen) atoms. The molecule has 0 unspecified atom stereocenters. The zero-order valence-corrected chi connectivity index (χ0v) is 13.5. The van der Waals surface area contributed by atoms with E-state index < -0.39 is 6.04 Å². The van der Waals surface area contributed by atoms with Gasteiger partial charge >= 0.3 is 0 Å². The Morgan fingerprint density at radius 2 is 1.83 bits per heavy atom. The topological polar surface area (TPSA) is 67.9 Å². The highest BCUT2D eigenvalue weighted by molar-refractivity contribution is 6.23. The predicted molar refractivity (Wildman–Crippen MR) is 90.5 cm³/mol. The first-order chi connectivity index (χ1) is 11.6. The van der Waals surface area contributed by atoms with Gasteiger partial charge in [0.2, 0.25) is 5.91 Å². The molecule has 0 aromatic heterocycles. The fourth-order valence-electron chi connectivity index (χ4n) is 2.72. The van der Waals surface area contributed by atoms with Crippen LogP contribution in [0.3, 0.4) is 0 Å². The average molecular weight is 326 g/mol. The number of rotatable bonds is 5. The molecule has 6 nitrogen and oxygen atoms in total. The molecular weight excluding hydrogens is 308 g/mol. The largest absolute Gasteiger partial charge is 0.497 e. The van der Waals surface area contributed by atoms with Crippen LogP contribution in [-0.4, -0.2) is 32.1 Å². The summed E-state index contributed by atoms with van der Waals surface area (Å²) in [6, 6.07) is 13.5. The van der Waals surface area contributed by atoms with Gasteiger partial charge in [-0.15, -0.1) is 0 Å². The zero-order valence-electron chi connectivity index (χ0n) is 13.5. The predicted octanol–water partition coefficient (Wildman–Crippen LogP) is 2.45. The highest BCUT2D eigenvalue weighted by atomic mass is 16.5. The molecule has 2 amide bonds. The van der Waals surface area contributed by atoms with Gasteiger partial charge in [0.25, 0.3) is 5.91 Å². The van der Waals surface area contributed by atoms with Crippen LogP contribution in [0.5, 0.6) is 11.5 Å². The number of nitrogens with zero attached hydrogens (tertiary/aromatic N) is 1. The molecule has 1 atom stereocenters. The lowest BCUT2D eigenvalue weighted by Gasteiger charge is -2.17. The van der Waals surface area contributed by atoms with Crippen LogP contribution in [0, 0.1) is 0 Å². The van der Waals surface area contributed by atoms with Crippen molar-refractivity contribution in [2.75, 3.05) is 24.4 Å². The Hall–Kier alpha value is -3.02. The van der Waals surface area contributed by atoms with Crippen molar-refractivity contribution in [3.8, 4) is 11.5 Å². The standard InChI is InChI=1S/C18H18N2O4/c1-23-13-7-5-6-12(10-13)20-17(21)11-15(18(20)22)19-14-8-3-4-9-16(14)24-2/h3-10,15,19H,11H2,1-2H3/t15-/m0/s1. The van der Waals surface area contributed by atoms with Crippen LogP contribution >= 0.6 is 0 Å². The average Bonchev–Trinajstić information content (AvgIpc) is 2.89. The van der Waals surface area contributed by atoms with E-state index in [1.54, 1.807) is 44.6 Å². The molecule has 1 saturated heterocycles. The number of hydrogen-bond donors (Lipinski definition) is 1. The van der Waals surface area contributed by atoms with E-state index >= 15 is 0 Å². The third-order valence-corrected chi connectivity index (χ3v) is 3.89. The second kappa shape index (κ2) is 6.62. The summed E-state index contributed by atoms with van der Waals surface area (Å²) in [6.07, 6.45) is 0.0914. The smallest absolute Gasteiger partial charge is 0.256 e. The van der Waals surface area contributed by atoms with Crippen LogP contribution in [0.25, 0.3) is 0 Å². The van der Waals surface area contributed by atoms with Crippen LogP contribution in [0.1, 0.15) is 6.42 Å². The summed E-state index contributed by atoms with van der Waals surface area (Å²) in [7, 11) is 3.10. The molecule has 0 saturated carbocycles. The molecule has 1 fully saturated rings. The fourth-order valence-corrected chi connectivity index (χ4v) is 2.72. The first-order valence-corrected chi connectivity index (χ1v) is 7.54. The van der Waals surface area contributed by atoms with Gasteiger partial charge in [0.15, 0.2) is 0 Å². The van der Waals surface area contributed by atoms with Gasteiger partial charge < -0.3 is 14.8 Å². The fraction of sp³-hybridized carbons (Fsp3) is 0.222. The number of imide groups is 1. The van der Waals surface area contributed by atoms with E-state index in [4.69, 9.17) is 9.47 Å². The number of amides is 2. The molecule has 3 rings (SSSR count). The molecule has 1 aliphatic rings. The maximum atomic E-state index is 12.7. The number of hydrogen-bond acceptors (Lipinski definition) is 5. The summed E-state index contributed by atoms with van der Waals surface area (Å²) in [4.78, 5) is 26.2. The third kappa shape index (κ3) is 2.90. The Morgan fingerprint density at radius 3 is 2.58 bits per heavy atom. The van der Waals surface area contributed by atoms with E-state index in [0.29, 0.717) is 22.9 Å². The van der Waals surface area contributed by atoms with Crippen molar-refractivity contribution >= 4 is 23.2 Å². The number of para-hydroxylation sites is 2. The molecule has 0 radical (unpaired) electrons. The zero-order chi connectivity index (χ0) is 17.1. The van der Waals surface area contributed by atoms with Crippen molar-refractivity contribution in [2.45, 2.75) is 12.5 Å². The van der Waals surface area contributed by atoms with Gasteiger partial charge in [-0.2, -0.15) is 0 Å². The minimum absolute atomic E-state index is 0.0914. The maximum absolute atomic E-state index is 12.7. The first-order valence-electron chi connectivity index (χ1n) is 7.54. The van der Waals surface area contributed by atoms with Crippen LogP contribution in [0.4, 0.5) is 11.4 Å². The lowest BCUT2D eigenvalue weighted by atomic mass is 10.2. The second-order valence-electron chi connectivity index (χ2n) is 5.37. The van der Waals surface area contributed by atoms with E-state index in [2.05, 4.69) is 5.32 Å². The Labute approximate surface area is 140 Å². The molecule has 2 aromatic rings. The van der Waals surface area contributed by atoms with Crippen molar-refractivity contribution in [3.05, 3.63) is 48.5 Å². The van der Waals surface area contributed by atoms with E-state index in [-0.39, 0.29) is 18.2 Å². The van der Waals surface area contributed by atoms with Crippen molar-refractivity contribution in [1.29, 1.82) is 0 Å². The quantitative estimate of drug-likeness (QED) is 0.855. The highest BCUT2D eigenvalue weighted by Gasteiger charge is 2.40.